The van der Waals surface area contributed by atoms with Crippen LogP contribution < -0.4 is 5.32 Å². The maximum Gasteiger partial charge on any atom is 0.130 e. The van der Waals surface area contributed by atoms with Crippen molar-refractivity contribution in [2.45, 2.75) is 19.5 Å². The second-order valence-corrected chi connectivity index (χ2v) is 3.47. The van der Waals surface area contributed by atoms with Crippen molar-refractivity contribution < 1.29 is 0 Å². The van der Waals surface area contributed by atoms with E-state index in [9.17, 15) is 0 Å². The molecule has 0 aromatic carbocycles. The van der Waals surface area contributed by atoms with Crippen molar-refractivity contribution in [2.75, 3.05) is 7.05 Å². The Kier molecular flexibility index (Phi) is 3.26. The number of nitrogens with zero attached hydrogens (tertiary/aromatic N) is 4. The van der Waals surface area contributed by atoms with Gasteiger partial charge in [0.1, 0.15) is 5.82 Å². The predicted octanol–water partition coefficient (Wildman–Crippen LogP) is 1.00. The lowest BCUT2D eigenvalue weighted by Crippen LogP contribution is -2.22. The topological polar surface area (TPSA) is 55.6 Å². The second kappa shape index (κ2) is 4.85. The third-order valence-corrected chi connectivity index (χ3v) is 2.58. The number of rotatable bonds is 4. The zero-order chi connectivity index (χ0) is 11.4. The fraction of sp³-hybridized carbons (Fsp3) is 0.364. The SMILES string of the molecule is CCn1ccnc1C(NC)c1ccnnc1. The maximum atomic E-state index is 4.39. The Hall–Kier alpha value is -1.75. The summed E-state index contributed by atoms with van der Waals surface area (Å²) in [5.74, 6) is 0.998. The van der Waals surface area contributed by atoms with E-state index in [1.807, 2.05) is 25.5 Å². The number of hydrogen-bond donors (Lipinski definition) is 1. The normalized spacial score (nSPS) is 12.6. The summed E-state index contributed by atoms with van der Waals surface area (Å²) in [6.45, 7) is 3.01. The molecule has 2 heterocycles. The average Bonchev–Trinajstić information content (AvgIpc) is 2.80. The van der Waals surface area contributed by atoms with Crippen LogP contribution in [0.15, 0.2) is 30.9 Å². The quantitative estimate of drug-likeness (QED) is 0.830. The molecule has 0 aliphatic rings. The molecule has 0 radical (unpaired) electrons. The van der Waals surface area contributed by atoms with Gasteiger partial charge >= 0.3 is 0 Å². The van der Waals surface area contributed by atoms with Crippen molar-refractivity contribution in [2.24, 2.45) is 0 Å². The van der Waals surface area contributed by atoms with Crippen LogP contribution in [0, 0.1) is 0 Å². The van der Waals surface area contributed by atoms with Gasteiger partial charge in [0.2, 0.25) is 0 Å². The van der Waals surface area contributed by atoms with Crippen molar-refractivity contribution in [3.63, 3.8) is 0 Å². The van der Waals surface area contributed by atoms with Crippen molar-refractivity contribution >= 4 is 0 Å². The van der Waals surface area contributed by atoms with Crippen LogP contribution in [0.25, 0.3) is 0 Å². The summed E-state index contributed by atoms with van der Waals surface area (Å²) in [5.41, 5.74) is 1.07. The molecule has 1 unspecified atom stereocenters. The van der Waals surface area contributed by atoms with Crippen molar-refractivity contribution in [1.82, 2.24) is 25.1 Å². The van der Waals surface area contributed by atoms with Gasteiger partial charge in [-0.15, -0.1) is 0 Å². The molecule has 5 nitrogen and oxygen atoms in total. The van der Waals surface area contributed by atoms with Gasteiger partial charge in [-0.05, 0) is 25.6 Å². The minimum absolute atomic E-state index is 0.0606. The summed E-state index contributed by atoms with van der Waals surface area (Å²) in [7, 11) is 1.92. The van der Waals surface area contributed by atoms with E-state index >= 15 is 0 Å². The Morgan fingerprint density at radius 1 is 1.38 bits per heavy atom. The van der Waals surface area contributed by atoms with E-state index in [-0.39, 0.29) is 6.04 Å². The van der Waals surface area contributed by atoms with E-state index in [1.165, 1.54) is 0 Å². The van der Waals surface area contributed by atoms with Crippen LogP contribution in [0.2, 0.25) is 0 Å². The highest BCUT2D eigenvalue weighted by molar-refractivity contribution is 5.20. The third-order valence-electron chi connectivity index (χ3n) is 2.58. The summed E-state index contributed by atoms with van der Waals surface area (Å²) in [4.78, 5) is 4.39. The van der Waals surface area contributed by atoms with Gasteiger partial charge in [-0.2, -0.15) is 10.2 Å². The zero-order valence-corrected chi connectivity index (χ0v) is 9.46. The van der Waals surface area contributed by atoms with E-state index in [4.69, 9.17) is 0 Å². The molecule has 1 atom stereocenters. The lowest BCUT2D eigenvalue weighted by molar-refractivity contribution is 0.587. The Morgan fingerprint density at radius 3 is 2.88 bits per heavy atom. The van der Waals surface area contributed by atoms with Crippen LogP contribution in [0.1, 0.15) is 24.4 Å². The molecule has 0 saturated heterocycles. The fourth-order valence-corrected chi connectivity index (χ4v) is 1.76. The summed E-state index contributed by atoms with van der Waals surface area (Å²) in [6, 6.07) is 2.01. The van der Waals surface area contributed by atoms with Crippen molar-refractivity contribution in [1.29, 1.82) is 0 Å². The minimum Gasteiger partial charge on any atom is -0.334 e. The van der Waals surface area contributed by atoms with Crippen LogP contribution in [-0.4, -0.2) is 26.8 Å². The highest BCUT2D eigenvalue weighted by Gasteiger charge is 2.16. The van der Waals surface area contributed by atoms with E-state index in [0.29, 0.717) is 0 Å². The van der Waals surface area contributed by atoms with Crippen LogP contribution in [-0.2, 0) is 6.54 Å². The molecular formula is C11H15N5. The van der Waals surface area contributed by atoms with E-state index in [2.05, 4.69) is 32.0 Å². The highest BCUT2D eigenvalue weighted by atomic mass is 15.1. The van der Waals surface area contributed by atoms with Gasteiger partial charge < -0.3 is 9.88 Å². The standard InChI is InChI=1S/C11H15N5/c1-3-16-7-6-13-11(16)10(12-2)9-4-5-14-15-8-9/h4-8,10,12H,3H2,1-2H3. The summed E-state index contributed by atoms with van der Waals surface area (Å²) in [5, 5.41) is 10.9. The maximum absolute atomic E-state index is 4.39. The Morgan fingerprint density at radius 2 is 2.25 bits per heavy atom. The highest BCUT2D eigenvalue weighted by Crippen LogP contribution is 2.18. The molecule has 2 aromatic rings. The van der Waals surface area contributed by atoms with E-state index < -0.39 is 0 Å². The largest absolute Gasteiger partial charge is 0.334 e. The number of nitrogens with one attached hydrogen (secondary N) is 1. The molecule has 16 heavy (non-hydrogen) atoms. The van der Waals surface area contributed by atoms with Crippen LogP contribution >= 0.6 is 0 Å². The first kappa shape index (κ1) is 10.8. The first-order chi connectivity index (χ1) is 7.86. The van der Waals surface area contributed by atoms with Crippen LogP contribution in [0.4, 0.5) is 0 Å². The third kappa shape index (κ3) is 1.94. The number of hydrogen-bond acceptors (Lipinski definition) is 4. The van der Waals surface area contributed by atoms with Gasteiger partial charge in [0.25, 0.3) is 0 Å². The molecule has 2 rings (SSSR count). The van der Waals surface area contributed by atoms with Crippen LogP contribution in [0.5, 0.6) is 0 Å². The average molecular weight is 217 g/mol. The van der Waals surface area contributed by atoms with Crippen LogP contribution in [0.3, 0.4) is 0 Å². The smallest absolute Gasteiger partial charge is 0.130 e. The summed E-state index contributed by atoms with van der Waals surface area (Å²) < 4.78 is 2.11. The molecular weight excluding hydrogens is 202 g/mol. The van der Waals surface area contributed by atoms with Crippen molar-refractivity contribution in [3.8, 4) is 0 Å². The number of aryl methyl sites for hydroxylation is 1. The van der Waals surface area contributed by atoms with Gasteiger partial charge in [0.15, 0.2) is 0 Å². The molecule has 0 fully saturated rings. The van der Waals surface area contributed by atoms with E-state index in [0.717, 1.165) is 17.9 Å². The molecule has 84 valence electrons. The van der Waals surface area contributed by atoms with Gasteiger partial charge in [0.05, 0.1) is 12.2 Å². The Bertz CT molecular complexity index is 437. The molecule has 1 N–H and O–H groups in total. The van der Waals surface area contributed by atoms with Gasteiger partial charge in [-0.1, -0.05) is 0 Å². The fourth-order valence-electron chi connectivity index (χ4n) is 1.76. The number of imidazole rings is 1. The molecule has 0 aliphatic heterocycles. The first-order valence-corrected chi connectivity index (χ1v) is 5.31. The first-order valence-electron chi connectivity index (χ1n) is 5.31. The minimum atomic E-state index is 0.0606. The lowest BCUT2D eigenvalue weighted by Gasteiger charge is -2.16. The second-order valence-electron chi connectivity index (χ2n) is 3.47. The zero-order valence-electron chi connectivity index (χ0n) is 9.46. The molecule has 0 saturated carbocycles. The summed E-state index contributed by atoms with van der Waals surface area (Å²) in [6.07, 6.45) is 7.25. The van der Waals surface area contributed by atoms with Gasteiger partial charge in [-0.25, -0.2) is 4.98 Å². The predicted molar refractivity (Wildman–Crippen MR) is 60.8 cm³/mol. The summed E-state index contributed by atoms with van der Waals surface area (Å²) >= 11 is 0. The molecule has 0 spiro atoms. The Balaban J connectivity index is 2.37. The molecule has 0 aliphatic carbocycles. The van der Waals surface area contributed by atoms with Gasteiger partial charge in [-0.3, -0.25) is 0 Å². The van der Waals surface area contributed by atoms with Crippen molar-refractivity contribution in [3.05, 3.63) is 42.2 Å². The number of aromatic nitrogens is 4. The van der Waals surface area contributed by atoms with Gasteiger partial charge in [0, 0.05) is 25.1 Å². The molecule has 2 aromatic heterocycles. The molecule has 5 heteroatoms. The molecule has 0 amide bonds. The Labute approximate surface area is 94.5 Å². The monoisotopic (exact) mass is 217 g/mol. The van der Waals surface area contributed by atoms with E-state index in [1.54, 1.807) is 12.4 Å². The lowest BCUT2D eigenvalue weighted by atomic mass is 10.1. The molecule has 0 bridgehead atoms.